The lowest BCUT2D eigenvalue weighted by Gasteiger charge is -2.37. The Morgan fingerprint density at radius 1 is 0.744 bits per heavy atom. The van der Waals surface area contributed by atoms with Gasteiger partial charge in [-0.2, -0.15) is 13.2 Å². The first-order valence-electron chi connectivity index (χ1n) is 14.7. The number of para-hydroxylation sites is 1. The van der Waals surface area contributed by atoms with E-state index >= 15 is 0 Å². The number of halogens is 3. The van der Waals surface area contributed by atoms with Gasteiger partial charge < -0.3 is 14.4 Å². The molecule has 2 heterocycles. The van der Waals surface area contributed by atoms with Gasteiger partial charge in [-0.3, -0.25) is 4.79 Å². The standard InChI is InChI=1S/C36H34F3N3O/c37-36(38,39)30-14-9-15-31(24-30)40-18-20-41(21-19-40)35(43)23-29(22-27-10-3-1-4-11-27)33-26-42(25-28-12-5-2-6-13-28)34-17-8-7-16-32(33)34/h1-17,24,26,29H,18-23,25H2. The van der Waals surface area contributed by atoms with Crippen molar-refractivity contribution in [2.75, 3.05) is 31.1 Å². The summed E-state index contributed by atoms with van der Waals surface area (Å²) in [4.78, 5) is 17.6. The van der Waals surface area contributed by atoms with Crippen molar-refractivity contribution in [3.05, 3.63) is 138 Å². The summed E-state index contributed by atoms with van der Waals surface area (Å²) in [6, 6.07) is 34.4. The average Bonchev–Trinajstić information content (AvgIpc) is 3.39. The molecule has 1 fully saturated rings. The van der Waals surface area contributed by atoms with Crippen LogP contribution in [0, 0.1) is 0 Å². The zero-order chi connectivity index (χ0) is 29.8. The first kappa shape index (κ1) is 28.6. The van der Waals surface area contributed by atoms with E-state index in [1.807, 2.05) is 52.3 Å². The van der Waals surface area contributed by atoms with Crippen LogP contribution in [0.5, 0.6) is 0 Å². The topological polar surface area (TPSA) is 28.5 Å². The summed E-state index contributed by atoms with van der Waals surface area (Å²) in [5, 5.41) is 1.15. The molecule has 1 unspecified atom stereocenters. The number of alkyl halides is 3. The maximum atomic E-state index is 13.8. The van der Waals surface area contributed by atoms with Gasteiger partial charge in [0, 0.05) is 61.9 Å². The van der Waals surface area contributed by atoms with E-state index in [1.54, 1.807) is 6.07 Å². The van der Waals surface area contributed by atoms with Crippen molar-refractivity contribution in [2.24, 2.45) is 0 Å². The number of anilines is 1. The van der Waals surface area contributed by atoms with Crippen LogP contribution >= 0.6 is 0 Å². The van der Waals surface area contributed by atoms with Crippen LogP contribution in [0.1, 0.15) is 34.6 Å². The van der Waals surface area contributed by atoms with Gasteiger partial charge in [0.2, 0.25) is 5.91 Å². The van der Waals surface area contributed by atoms with Crippen molar-refractivity contribution < 1.29 is 18.0 Å². The highest BCUT2D eigenvalue weighted by atomic mass is 19.4. The van der Waals surface area contributed by atoms with Crippen molar-refractivity contribution in [3.63, 3.8) is 0 Å². The third-order valence-corrected chi connectivity index (χ3v) is 8.37. The number of aromatic nitrogens is 1. The van der Waals surface area contributed by atoms with Crippen LogP contribution in [0.15, 0.2) is 115 Å². The lowest BCUT2D eigenvalue weighted by Crippen LogP contribution is -2.49. The highest BCUT2D eigenvalue weighted by Gasteiger charge is 2.32. The van der Waals surface area contributed by atoms with Crippen LogP contribution in [-0.4, -0.2) is 41.6 Å². The van der Waals surface area contributed by atoms with Crippen LogP contribution in [-0.2, 0) is 23.9 Å². The minimum Gasteiger partial charge on any atom is -0.368 e. The van der Waals surface area contributed by atoms with E-state index < -0.39 is 11.7 Å². The number of rotatable bonds is 8. The van der Waals surface area contributed by atoms with E-state index in [0.717, 1.165) is 35.5 Å². The Hall–Kier alpha value is -4.52. The maximum Gasteiger partial charge on any atom is 0.416 e. The Labute approximate surface area is 250 Å². The highest BCUT2D eigenvalue weighted by molar-refractivity contribution is 5.86. The molecular weight excluding hydrogens is 547 g/mol. The van der Waals surface area contributed by atoms with Gasteiger partial charge in [0.1, 0.15) is 0 Å². The fourth-order valence-corrected chi connectivity index (χ4v) is 6.13. The van der Waals surface area contributed by atoms with E-state index in [9.17, 15) is 18.0 Å². The van der Waals surface area contributed by atoms with E-state index in [2.05, 4.69) is 53.2 Å². The van der Waals surface area contributed by atoms with Crippen molar-refractivity contribution in [1.29, 1.82) is 0 Å². The Bertz CT molecular complexity index is 1670. The molecule has 1 aliphatic rings. The van der Waals surface area contributed by atoms with Crippen LogP contribution in [0.4, 0.5) is 18.9 Å². The van der Waals surface area contributed by atoms with Gasteiger partial charge in [-0.05, 0) is 53.3 Å². The molecule has 0 saturated carbocycles. The second-order valence-corrected chi connectivity index (χ2v) is 11.2. The van der Waals surface area contributed by atoms with Gasteiger partial charge in [0.15, 0.2) is 0 Å². The molecule has 4 aromatic carbocycles. The number of amides is 1. The molecule has 6 rings (SSSR count). The fraction of sp³-hybridized carbons (Fsp3) is 0.250. The molecule has 0 spiro atoms. The van der Waals surface area contributed by atoms with Crippen molar-refractivity contribution >= 4 is 22.5 Å². The Kier molecular flexibility index (Phi) is 8.23. The quantitative estimate of drug-likeness (QED) is 0.187. The fourth-order valence-electron chi connectivity index (χ4n) is 6.13. The smallest absolute Gasteiger partial charge is 0.368 e. The average molecular weight is 582 g/mol. The van der Waals surface area contributed by atoms with Crippen LogP contribution in [0.25, 0.3) is 10.9 Å². The Morgan fingerprint density at radius 2 is 1.40 bits per heavy atom. The Morgan fingerprint density at radius 3 is 2.09 bits per heavy atom. The van der Waals surface area contributed by atoms with Gasteiger partial charge in [0.05, 0.1) is 5.56 Å². The predicted octanol–water partition coefficient (Wildman–Crippen LogP) is 7.77. The normalized spacial score (nSPS) is 14.7. The number of nitrogens with zero attached hydrogens (tertiary/aromatic N) is 3. The van der Waals surface area contributed by atoms with E-state index in [4.69, 9.17) is 0 Å². The zero-order valence-corrected chi connectivity index (χ0v) is 23.9. The molecule has 43 heavy (non-hydrogen) atoms. The van der Waals surface area contributed by atoms with E-state index in [1.165, 1.54) is 23.3 Å². The minimum absolute atomic E-state index is 0.0293. The largest absolute Gasteiger partial charge is 0.416 e. The molecule has 1 atom stereocenters. The predicted molar refractivity (Wildman–Crippen MR) is 165 cm³/mol. The molecule has 1 saturated heterocycles. The number of fused-ring (bicyclic) bond motifs is 1. The Balaban J connectivity index is 1.22. The number of hydrogen-bond acceptors (Lipinski definition) is 2. The van der Waals surface area contributed by atoms with Gasteiger partial charge in [-0.25, -0.2) is 0 Å². The van der Waals surface area contributed by atoms with Gasteiger partial charge >= 0.3 is 6.18 Å². The first-order chi connectivity index (χ1) is 20.8. The summed E-state index contributed by atoms with van der Waals surface area (Å²) in [5.41, 5.74) is 4.57. The molecule has 1 amide bonds. The molecule has 0 N–H and O–H groups in total. The van der Waals surface area contributed by atoms with Gasteiger partial charge in [-0.15, -0.1) is 0 Å². The molecule has 220 valence electrons. The van der Waals surface area contributed by atoms with Crippen molar-refractivity contribution in [2.45, 2.75) is 31.5 Å². The monoisotopic (exact) mass is 581 g/mol. The van der Waals surface area contributed by atoms with E-state index in [0.29, 0.717) is 38.3 Å². The van der Waals surface area contributed by atoms with E-state index in [-0.39, 0.29) is 11.8 Å². The summed E-state index contributed by atoms with van der Waals surface area (Å²) in [5.74, 6) is 0.0443. The summed E-state index contributed by atoms with van der Waals surface area (Å²) in [7, 11) is 0. The lowest BCUT2D eigenvalue weighted by molar-refractivity contribution is -0.137. The van der Waals surface area contributed by atoms with Gasteiger partial charge in [0.25, 0.3) is 0 Å². The second-order valence-electron chi connectivity index (χ2n) is 11.2. The number of carbonyl (C=O) groups excluding carboxylic acids is 1. The van der Waals surface area contributed by atoms with Crippen LogP contribution in [0.3, 0.4) is 0 Å². The van der Waals surface area contributed by atoms with Crippen molar-refractivity contribution in [1.82, 2.24) is 9.47 Å². The van der Waals surface area contributed by atoms with Crippen molar-refractivity contribution in [3.8, 4) is 0 Å². The molecule has 0 aliphatic carbocycles. The van der Waals surface area contributed by atoms with Crippen LogP contribution < -0.4 is 4.90 Å². The summed E-state index contributed by atoms with van der Waals surface area (Å²) >= 11 is 0. The van der Waals surface area contributed by atoms with Crippen LogP contribution in [0.2, 0.25) is 0 Å². The summed E-state index contributed by atoms with van der Waals surface area (Å²) < 4.78 is 42.0. The maximum absolute atomic E-state index is 13.8. The molecule has 7 heteroatoms. The van der Waals surface area contributed by atoms with Gasteiger partial charge in [-0.1, -0.05) is 84.9 Å². The lowest BCUT2D eigenvalue weighted by atomic mass is 9.88. The molecule has 1 aliphatic heterocycles. The third kappa shape index (κ3) is 6.61. The molecular formula is C36H34F3N3O. The minimum atomic E-state index is -4.38. The number of hydrogen-bond donors (Lipinski definition) is 0. The first-order valence-corrected chi connectivity index (χ1v) is 14.7. The number of carbonyl (C=O) groups is 1. The molecule has 0 radical (unpaired) electrons. The summed E-state index contributed by atoms with van der Waals surface area (Å²) in [6.45, 7) is 2.68. The SMILES string of the molecule is O=C(CC(Cc1ccccc1)c1cn(Cc2ccccc2)c2ccccc12)N1CCN(c2cccc(C(F)(F)F)c2)CC1. The molecule has 0 bridgehead atoms. The summed E-state index contributed by atoms with van der Waals surface area (Å²) in [6.07, 6.45) is -1.08. The number of piperazine rings is 1. The second kappa shape index (κ2) is 12.4. The third-order valence-electron chi connectivity index (χ3n) is 8.37. The molecule has 5 aromatic rings. The molecule has 1 aromatic heterocycles. The zero-order valence-electron chi connectivity index (χ0n) is 23.9. The molecule has 4 nitrogen and oxygen atoms in total. The number of benzene rings is 4. The highest BCUT2D eigenvalue weighted by Crippen LogP contribution is 2.34.